The minimum atomic E-state index is -0.359. The summed E-state index contributed by atoms with van der Waals surface area (Å²) in [5.41, 5.74) is 1.57. The number of halogens is 1. The summed E-state index contributed by atoms with van der Waals surface area (Å²) in [5.74, 6) is -0.551. The number of benzene rings is 2. The Bertz CT molecular complexity index is 892. The molecule has 32 heavy (non-hydrogen) atoms. The highest BCUT2D eigenvalue weighted by Crippen LogP contribution is 2.22. The monoisotopic (exact) mass is 439 g/mol. The van der Waals surface area contributed by atoms with E-state index in [1.807, 2.05) is 18.2 Å². The van der Waals surface area contributed by atoms with Gasteiger partial charge in [-0.05, 0) is 42.7 Å². The minimum absolute atomic E-state index is 0.0426. The molecule has 1 atom stereocenters. The molecule has 2 aromatic carbocycles. The molecule has 170 valence electrons. The highest BCUT2D eigenvalue weighted by atomic mass is 19.1. The number of morpholine rings is 1. The SMILES string of the molecule is O=C(NC(CN1CCOCC1)c1ccccc1)C1CCN(C(=O)c2ccc(F)cc2)CC1. The molecule has 0 aromatic heterocycles. The van der Waals surface area contributed by atoms with Gasteiger partial charge in [-0.2, -0.15) is 0 Å². The highest BCUT2D eigenvalue weighted by Gasteiger charge is 2.30. The molecule has 7 heteroatoms. The number of carbonyl (C=O) groups excluding carboxylic acids is 2. The van der Waals surface area contributed by atoms with Gasteiger partial charge in [0.25, 0.3) is 5.91 Å². The molecule has 2 aliphatic heterocycles. The second-order valence-electron chi connectivity index (χ2n) is 8.46. The van der Waals surface area contributed by atoms with E-state index in [4.69, 9.17) is 4.74 Å². The van der Waals surface area contributed by atoms with Crippen molar-refractivity contribution in [3.63, 3.8) is 0 Å². The van der Waals surface area contributed by atoms with Crippen LogP contribution in [0.4, 0.5) is 4.39 Å². The van der Waals surface area contributed by atoms with Crippen LogP contribution < -0.4 is 5.32 Å². The summed E-state index contributed by atoms with van der Waals surface area (Å²) in [7, 11) is 0. The first kappa shape index (κ1) is 22.4. The maximum Gasteiger partial charge on any atom is 0.253 e. The number of ether oxygens (including phenoxy) is 1. The third-order valence-electron chi connectivity index (χ3n) is 6.31. The molecule has 2 fully saturated rings. The van der Waals surface area contributed by atoms with Gasteiger partial charge in [-0.1, -0.05) is 30.3 Å². The van der Waals surface area contributed by atoms with Gasteiger partial charge in [-0.25, -0.2) is 4.39 Å². The molecule has 1 N–H and O–H groups in total. The van der Waals surface area contributed by atoms with Gasteiger partial charge in [0, 0.05) is 44.2 Å². The Hall–Kier alpha value is -2.77. The van der Waals surface area contributed by atoms with Crippen LogP contribution in [0.1, 0.15) is 34.8 Å². The summed E-state index contributed by atoms with van der Waals surface area (Å²) in [5, 5.41) is 3.27. The van der Waals surface area contributed by atoms with E-state index < -0.39 is 0 Å². The lowest BCUT2D eigenvalue weighted by molar-refractivity contribution is -0.127. The van der Waals surface area contributed by atoms with Gasteiger partial charge in [-0.3, -0.25) is 14.5 Å². The fourth-order valence-electron chi connectivity index (χ4n) is 4.37. The number of amides is 2. The maximum atomic E-state index is 13.1. The average molecular weight is 440 g/mol. The third kappa shape index (κ3) is 5.72. The lowest BCUT2D eigenvalue weighted by Gasteiger charge is -2.34. The summed E-state index contributed by atoms with van der Waals surface area (Å²) in [6.45, 7) is 4.96. The van der Waals surface area contributed by atoms with Crippen molar-refractivity contribution in [3.8, 4) is 0 Å². The molecule has 6 nitrogen and oxygen atoms in total. The van der Waals surface area contributed by atoms with Crippen LogP contribution in [-0.2, 0) is 9.53 Å². The number of likely N-dealkylation sites (tertiary alicyclic amines) is 1. The quantitative estimate of drug-likeness (QED) is 0.752. The van der Waals surface area contributed by atoms with Crippen LogP contribution in [0.5, 0.6) is 0 Å². The van der Waals surface area contributed by atoms with Gasteiger partial charge in [0.05, 0.1) is 19.3 Å². The second kappa shape index (κ2) is 10.7. The molecule has 2 aliphatic rings. The predicted octanol–water partition coefficient (Wildman–Crippen LogP) is 2.87. The van der Waals surface area contributed by atoms with Gasteiger partial charge in [0.15, 0.2) is 0 Å². The molecule has 2 amide bonds. The van der Waals surface area contributed by atoms with E-state index in [1.54, 1.807) is 4.90 Å². The Morgan fingerprint density at radius 2 is 1.62 bits per heavy atom. The van der Waals surface area contributed by atoms with E-state index in [2.05, 4.69) is 22.3 Å². The molecule has 2 saturated heterocycles. The lowest BCUT2D eigenvalue weighted by Crippen LogP contribution is -2.46. The zero-order chi connectivity index (χ0) is 22.3. The lowest BCUT2D eigenvalue weighted by atomic mass is 9.94. The smallest absolute Gasteiger partial charge is 0.253 e. The standard InChI is InChI=1S/C25H30FN3O3/c26-22-8-6-21(7-9-22)25(31)29-12-10-20(11-13-29)24(30)27-23(19-4-2-1-3-5-19)18-28-14-16-32-17-15-28/h1-9,20,23H,10-18H2,(H,27,30). The predicted molar refractivity (Wildman–Crippen MR) is 120 cm³/mol. The van der Waals surface area contributed by atoms with Crippen molar-refractivity contribution >= 4 is 11.8 Å². The number of carbonyl (C=O) groups is 2. The second-order valence-corrected chi connectivity index (χ2v) is 8.46. The Kier molecular flexibility index (Phi) is 7.50. The van der Waals surface area contributed by atoms with E-state index in [0.29, 0.717) is 31.5 Å². The largest absolute Gasteiger partial charge is 0.379 e. The van der Waals surface area contributed by atoms with Gasteiger partial charge in [0.1, 0.15) is 5.82 Å². The topological polar surface area (TPSA) is 61.9 Å². The summed E-state index contributed by atoms with van der Waals surface area (Å²) < 4.78 is 18.6. The van der Waals surface area contributed by atoms with Crippen LogP contribution in [0.3, 0.4) is 0 Å². The Morgan fingerprint density at radius 1 is 0.969 bits per heavy atom. The molecule has 2 aromatic rings. The normalized spacial score (nSPS) is 18.8. The number of piperidine rings is 1. The minimum Gasteiger partial charge on any atom is -0.379 e. The van der Waals surface area contributed by atoms with Crippen LogP contribution in [0.15, 0.2) is 54.6 Å². The van der Waals surface area contributed by atoms with Crippen molar-refractivity contribution in [2.45, 2.75) is 18.9 Å². The summed E-state index contributed by atoms with van der Waals surface area (Å²) >= 11 is 0. The van der Waals surface area contributed by atoms with Gasteiger partial charge in [-0.15, -0.1) is 0 Å². The molecule has 2 heterocycles. The molecular formula is C25H30FN3O3. The maximum absolute atomic E-state index is 13.1. The van der Waals surface area contributed by atoms with E-state index in [1.165, 1.54) is 24.3 Å². The van der Waals surface area contributed by atoms with Crippen LogP contribution in [0, 0.1) is 11.7 Å². The van der Waals surface area contributed by atoms with Gasteiger partial charge in [0.2, 0.25) is 5.91 Å². The van der Waals surface area contributed by atoms with Crippen LogP contribution in [0.2, 0.25) is 0 Å². The first-order valence-corrected chi connectivity index (χ1v) is 11.3. The third-order valence-corrected chi connectivity index (χ3v) is 6.31. The van der Waals surface area contributed by atoms with Crippen molar-refractivity contribution in [3.05, 3.63) is 71.5 Å². The summed E-state index contributed by atoms with van der Waals surface area (Å²) in [6.07, 6.45) is 1.25. The Balaban J connectivity index is 1.34. The zero-order valence-electron chi connectivity index (χ0n) is 18.2. The van der Waals surface area contributed by atoms with Crippen molar-refractivity contribution in [1.29, 1.82) is 0 Å². The molecular weight excluding hydrogens is 409 g/mol. The fraction of sp³-hybridized carbons (Fsp3) is 0.440. The average Bonchev–Trinajstić information content (AvgIpc) is 2.85. The summed E-state index contributed by atoms with van der Waals surface area (Å²) in [4.78, 5) is 29.8. The van der Waals surface area contributed by atoms with Crippen LogP contribution in [0.25, 0.3) is 0 Å². The Morgan fingerprint density at radius 3 is 2.28 bits per heavy atom. The van der Waals surface area contributed by atoms with Gasteiger partial charge < -0.3 is 15.0 Å². The van der Waals surface area contributed by atoms with E-state index in [-0.39, 0.29) is 29.6 Å². The fourth-order valence-corrected chi connectivity index (χ4v) is 4.37. The number of hydrogen-bond donors (Lipinski definition) is 1. The first-order valence-electron chi connectivity index (χ1n) is 11.3. The summed E-state index contributed by atoms with van der Waals surface area (Å²) in [6, 6.07) is 15.6. The highest BCUT2D eigenvalue weighted by molar-refractivity contribution is 5.94. The molecule has 4 rings (SSSR count). The van der Waals surface area contributed by atoms with Crippen molar-refractivity contribution in [2.75, 3.05) is 45.9 Å². The number of hydrogen-bond acceptors (Lipinski definition) is 4. The first-order chi connectivity index (χ1) is 15.6. The van der Waals surface area contributed by atoms with E-state index >= 15 is 0 Å². The molecule has 0 bridgehead atoms. The van der Waals surface area contributed by atoms with Gasteiger partial charge >= 0.3 is 0 Å². The number of nitrogens with one attached hydrogen (secondary N) is 1. The molecule has 1 unspecified atom stereocenters. The molecule has 0 spiro atoms. The Labute approximate surface area is 188 Å². The zero-order valence-corrected chi connectivity index (χ0v) is 18.2. The van der Waals surface area contributed by atoms with E-state index in [9.17, 15) is 14.0 Å². The van der Waals surface area contributed by atoms with Crippen molar-refractivity contribution < 1.29 is 18.7 Å². The van der Waals surface area contributed by atoms with Crippen LogP contribution >= 0.6 is 0 Å². The molecule has 0 saturated carbocycles. The number of nitrogens with zero attached hydrogens (tertiary/aromatic N) is 2. The van der Waals surface area contributed by atoms with Crippen molar-refractivity contribution in [1.82, 2.24) is 15.1 Å². The van der Waals surface area contributed by atoms with E-state index in [0.717, 1.165) is 38.4 Å². The number of rotatable bonds is 6. The van der Waals surface area contributed by atoms with Crippen LogP contribution in [-0.4, -0.2) is 67.6 Å². The van der Waals surface area contributed by atoms with Crippen molar-refractivity contribution in [2.24, 2.45) is 5.92 Å². The molecule has 0 radical (unpaired) electrons. The molecule has 0 aliphatic carbocycles.